The van der Waals surface area contributed by atoms with Gasteiger partial charge in [0.2, 0.25) is 0 Å². The Morgan fingerprint density at radius 2 is 1.90 bits per heavy atom. The van der Waals surface area contributed by atoms with Crippen LogP contribution in [-0.4, -0.2) is 10.7 Å². The van der Waals surface area contributed by atoms with E-state index in [2.05, 4.69) is 81.1 Å². The topological polar surface area (TPSA) is 20.2 Å². The second kappa shape index (κ2) is 7.24. The van der Waals surface area contributed by atoms with Gasteiger partial charge in [-0.1, -0.05) is 79.2 Å². The molecule has 1 N–H and O–H groups in total. The first kappa shape index (κ1) is 19.8. The lowest BCUT2D eigenvalue weighted by molar-refractivity contribution is -0.0821. The van der Waals surface area contributed by atoms with E-state index in [1.54, 1.807) is 11.1 Å². The van der Waals surface area contributed by atoms with Crippen molar-refractivity contribution in [3.05, 3.63) is 89.5 Å². The average Bonchev–Trinajstić information content (AvgIpc) is 3.03. The molecule has 2 aromatic carbocycles. The molecule has 0 aliphatic heterocycles. The van der Waals surface area contributed by atoms with Crippen molar-refractivity contribution in [3.8, 4) is 0 Å². The summed E-state index contributed by atoms with van der Waals surface area (Å²) in [4.78, 5) is 0. The Morgan fingerprint density at radius 3 is 2.67 bits per heavy atom. The van der Waals surface area contributed by atoms with E-state index >= 15 is 0 Å². The van der Waals surface area contributed by atoms with Crippen molar-refractivity contribution in [3.63, 3.8) is 0 Å². The van der Waals surface area contributed by atoms with E-state index in [0.717, 1.165) is 24.8 Å². The van der Waals surface area contributed by atoms with Crippen LogP contribution in [0.25, 0.3) is 6.08 Å². The van der Waals surface area contributed by atoms with Gasteiger partial charge in [-0.15, -0.1) is 6.58 Å². The van der Waals surface area contributed by atoms with E-state index in [9.17, 15) is 5.11 Å². The number of rotatable bonds is 3. The predicted molar refractivity (Wildman–Crippen MR) is 125 cm³/mol. The van der Waals surface area contributed by atoms with Crippen LogP contribution in [0.5, 0.6) is 0 Å². The van der Waals surface area contributed by atoms with Crippen LogP contribution >= 0.6 is 0 Å². The van der Waals surface area contributed by atoms with Crippen LogP contribution in [0.15, 0.2) is 67.3 Å². The lowest BCUT2D eigenvalue weighted by Gasteiger charge is -2.55. The first-order valence-electron chi connectivity index (χ1n) is 11.6. The number of benzene rings is 2. The second-order valence-electron chi connectivity index (χ2n) is 10.3. The second-order valence-corrected chi connectivity index (χ2v) is 10.3. The standard InChI is InChI=1S/C29H34O/c1-4-22-19-28(3)26(15-17-29(28,30)16-14-21-8-6-5-7-9-21)25-13-11-23-18-20(2)10-12-24(23)27(22)25/h4-10,12,14,16,18,22,25-27,30H,1,11,13,15,17,19H2,2-3H3/b16-14+/t22?,25?,26?,27?,28?,29-/m0/s1. The van der Waals surface area contributed by atoms with Gasteiger partial charge in [0.25, 0.3) is 0 Å². The Kier molecular flexibility index (Phi) is 4.78. The number of fused-ring (bicyclic) bond motifs is 5. The maximum absolute atomic E-state index is 11.9. The summed E-state index contributed by atoms with van der Waals surface area (Å²) in [6.45, 7) is 8.81. The normalized spacial score (nSPS) is 37.4. The van der Waals surface area contributed by atoms with Crippen molar-refractivity contribution in [2.45, 2.75) is 57.5 Å². The summed E-state index contributed by atoms with van der Waals surface area (Å²) in [6.07, 6.45) is 11.9. The van der Waals surface area contributed by atoms with Crippen molar-refractivity contribution in [1.82, 2.24) is 0 Å². The van der Waals surface area contributed by atoms with Crippen LogP contribution in [-0.2, 0) is 6.42 Å². The van der Waals surface area contributed by atoms with Crippen LogP contribution in [0.3, 0.4) is 0 Å². The highest BCUT2D eigenvalue weighted by Gasteiger charge is 2.62. The molecule has 0 radical (unpaired) electrons. The van der Waals surface area contributed by atoms with Crippen LogP contribution in [0, 0.1) is 30.1 Å². The molecule has 5 rings (SSSR count). The van der Waals surface area contributed by atoms with Gasteiger partial charge in [0.1, 0.15) is 0 Å². The van der Waals surface area contributed by atoms with E-state index in [1.807, 2.05) is 6.07 Å². The van der Waals surface area contributed by atoms with Gasteiger partial charge in [0.15, 0.2) is 0 Å². The third kappa shape index (κ3) is 2.94. The molecular weight excluding hydrogens is 364 g/mol. The van der Waals surface area contributed by atoms with Crippen molar-refractivity contribution >= 4 is 6.08 Å². The molecule has 3 aliphatic carbocycles. The highest BCUT2D eigenvalue weighted by molar-refractivity contribution is 5.51. The predicted octanol–water partition coefficient (Wildman–Crippen LogP) is 6.71. The first-order chi connectivity index (χ1) is 14.4. The SMILES string of the molecule is C=CC1CC2(C)C(CC[C@@]2(O)/C=C/c2ccccc2)C2CCc3cc(C)ccc3C12. The monoisotopic (exact) mass is 398 g/mol. The number of aliphatic hydroxyl groups is 1. The Morgan fingerprint density at radius 1 is 1.10 bits per heavy atom. The van der Waals surface area contributed by atoms with Crippen LogP contribution in [0.4, 0.5) is 0 Å². The quantitative estimate of drug-likeness (QED) is 0.570. The smallest absolute Gasteiger partial charge is 0.0887 e. The van der Waals surface area contributed by atoms with E-state index < -0.39 is 5.60 Å². The Hall–Kier alpha value is -2.12. The molecule has 2 fully saturated rings. The lowest BCUT2D eigenvalue weighted by Crippen LogP contribution is -2.52. The molecule has 0 saturated heterocycles. The molecule has 156 valence electrons. The summed E-state index contributed by atoms with van der Waals surface area (Å²) in [5, 5.41) is 11.9. The van der Waals surface area contributed by atoms with Crippen molar-refractivity contribution in [2.24, 2.45) is 23.2 Å². The summed E-state index contributed by atoms with van der Waals surface area (Å²) in [5.41, 5.74) is 4.79. The van der Waals surface area contributed by atoms with Gasteiger partial charge in [-0.05, 0) is 79.4 Å². The average molecular weight is 399 g/mol. The molecule has 30 heavy (non-hydrogen) atoms. The molecule has 0 heterocycles. The fourth-order valence-corrected chi connectivity index (χ4v) is 7.24. The maximum atomic E-state index is 11.9. The van der Waals surface area contributed by atoms with Crippen LogP contribution in [0.2, 0.25) is 0 Å². The fourth-order valence-electron chi connectivity index (χ4n) is 7.24. The van der Waals surface area contributed by atoms with Crippen molar-refractivity contribution in [2.75, 3.05) is 0 Å². The highest BCUT2D eigenvalue weighted by Crippen LogP contribution is 2.66. The molecule has 5 unspecified atom stereocenters. The number of aryl methyl sites for hydroxylation is 2. The summed E-state index contributed by atoms with van der Waals surface area (Å²) >= 11 is 0. The molecule has 2 saturated carbocycles. The van der Waals surface area contributed by atoms with Crippen LogP contribution < -0.4 is 0 Å². The zero-order valence-corrected chi connectivity index (χ0v) is 18.4. The summed E-state index contributed by atoms with van der Waals surface area (Å²) in [6, 6.07) is 17.4. The molecule has 2 aromatic rings. The molecule has 0 aromatic heterocycles. The minimum atomic E-state index is -0.743. The zero-order valence-electron chi connectivity index (χ0n) is 18.4. The molecular formula is C29H34O. The van der Waals surface area contributed by atoms with Gasteiger partial charge in [0, 0.05) is 5.41 Å². The Labute approximate surface area is 181 Å². The molecule has 0 spiro atoms. The third-order valence-corrected chi connectivity index (χ3v) is 8.80. The molecule has 1 heteroatoms. The molecule has 6 atom stereocenters. The maximum Gasteiger partial charge on any atom is 0.0887 e. The minimum Gasteiger partial charge on any atom is -0.385 e. The summed E-state index contributed by atoms with van der Waals surface area (Å²) in [7, 11) is 0. The minimum absolute atomic E-state index is 0.0967. The molecule has 0 bridgehead atoms. The van der Waals surface area contributed by atoms with Gasteiger partial charge >= 0.3 is 0 Å². The Balaban J connectivity index is 1.51. The first-order valence-corrected chi connectivity index (χ1v) is 11.6. The Bertz CT molecular complexity index is 973. The lowest BCUT2D eigenvalue weighted by atomic mass is 9.50. The van der Waals surface area contributed by atoms with Gasteiger partial charge in [-0.25, -0.2) is 0 Å². The van der Waals surface area contributed by atoms with E-state index in [1.165, 1.54) is 18.4 Å². The van der Waals surface area contributed by atoms with Gasteiger partial charge in [0.05, 0.1) is 5.60 Å². The zero-order chi connectivity index (χ0) is 20.9. The van der Waals surface area contributed by atoms with E-state index in [4.69, 9.17) is 0 Å². The number of hydrogen-bond donors (Lipinski definition) is 1. The van der Waals surface area contributed by atoms with E-state index in [0.29, 0.717) is 23.7 Å². The third-order valence-electron chi connectivity index (χ3n) is 8.80. The summed E-state index contributed by atoms with van der Waals surface area (Å²) in [5.74, 6) is 2.19. The highest BCUT2D eigenvalue weighted by atomic mass is 16.3. The molecule has 1 nitrogen and oxygen atoms in total. The van der Waals surface area contributed by atoms with Crippen LogP contribution in [0.1, 0.15) is 60.8 Å². The van der Waals surface area contributed by atoms with Gasteiger partial charge < -0.3 is 5.11 Å². The largest absolute Gasteiger partial charge is 0.385 e. The summed E-state index contributed by atoms with van der Waals surface area (Å²) < 4.78 is 0. The van der Waals surface area contributed by atoms with Crippen molar-refractivity contribution in [1.29, 1.82) is 0 Å². The number of hydrogen-bond acceptors (Lipinski definition) is 1. The van der Waals surface area contributed by atoms with E-state index in [-0.39, 0.29) is 5.41 Å². The fraction of sp³-hybridized carbons (Fsp3) is 0.448. The molecule has 3 aliphatic rings. The van der Waals surface area contributed by atoms with Gasteiger partial charge in [-0.2, -0.15) is 0 Å². The van der Waals surface area contributed by atoms with Gasteiger partial charge in [-0.3, -0.25) is 0 Å². The number of allylic oxidation sites excluding steroid dienone is 1. The molecule has 0 amide bonds. The van der Waals surface area contributed by atoms with Crippen molar-refractivity contribution < 1.29 is 5.11 Å².